The van der Waals surface area contributed by atoms with Crippen molar-refractivity contribution < 1.29 is 13.6 Å². The van der Waals surface area contributed by atoms with Crippen LogP contribution in [0.3, 0.4) is 0 Å². The molecule has 0 aromatic heterocycles. The Morgan fingerprint density at radius 1 is 1.42 bits per heavy atom. The van der Waals surface area contributed by atoms with E-state index in [0.717, 1.165) is 6.07 Å². The Morgan fingerprint density at radius 3 is 2.67 bits per heavy atom. The van der Waals surface area contributed by atoms with Gasteiger partial charge in [0.15, 0.2) is 11.6 Å². The summed E-state index contributed by atoms with van der Waals surface area (Å²) in [4.78, 5) is 4.37. The predicted molar refractivity (Wildman–Crippen MR) is 40.0 cm³/mol. The van der Waals surface area contributed by atoms with E-state index in [9.17, 15) is 8.78 Å². The summed E-state index contributed by atoms with van der Waals surface area (Å²) in [7, 11) is 0. The maximum atomic E-state index is 12.9. The zero-order chi connectivity index (χ0) is 9.14. The molecule has 4 heteroatoms. The third kappa shape index (κ3) is 1.60. The average Bonchev–Trinajstić information content (AvgIpc) is 2.08. The molecule has 2 nitrogen and oxygen atoms in total. The largest absolute Gasteiger partial charge is 0.297 e. The summed E-state index contributed by atoms with van der Waals surface area (Å²) in [5.41, 5.74) is 0.123. The summed E-state index contributed by atoms with van der Waals surface area (Å²) >= 11 is 0. The van der Waals surface area contributed by atoms with E-state index >= 15 is 0 Å². The van der Waals surface area contributed by atoms with Crippen LogP contribution in [0.5, 0.6) is 0 Å². The van der Waals surface area contributed by atoms with Crippen molar-refractivity contribution >= 4 is 0 Å². The molecule has 0 bridgehead atoms. The molecule has 0 fully saturated rings. The maximum Gasteiger partial charge on any atom is 0.164 e. The van der Waals surface area contributed by atoms with E-state index in [2.05, 4.69) is 4.84 Å². The van der Waals surface area contributed by atoms with Gasteiger partial charge in [0.05, 0.1) is 0 Å². The van der Waals surface area contributed by atoms with Crippen LogP contribution in [0.25, 0.3) is 0 Å². The van der Waals surface area contributed by atoms with Crippen molar-refractivity contribution in [2.75, 3.05) is 0 Å². The van der Waals surface area contributed by atoms with Crippen LogP contribution in [-0.2, 0) is 4.84 Å². The highest BCUT2D eigenvalue weighted by Crippen LogP contribution is 2.20. The van der Waals surface area contributed by atoms with Gasteiger partial charge < -0.3 is 0 Å². The van der Waals surface area contributed by atoms with Crippen molar-refractivity contribution in [1.29, 1.82) is 0 Å². The van der Waals surface area contributed by atoms with Crippen molar-refractivity contribution in [3.05, 3.63) is 35.4 Å². The van der Waals surface area contributed by atoms with Crippen LogP contribution < -0.4 is 5.90 Å². The van der Waals surface area contributed by atoms with Gasteiger partial charge in [-0.15, -0.1) is 0 Å². The molecule has 1 aromatic carbocycles. The first-order valence-corrected chi connectivity index (χ1v) is 3.46. The predicted octanol–water partition coefficient (Wildman–Crippen LogP) is 1.92. The Morgan fingerprint density at radius 2 is 2.08 bits per heavy atom. The van der Waals surface area contributed by atoms with Gasteiger partial charge in [-0.2, -0.15) is 0 Å². The Labute approximate surface area is 68.9 Å². The molecule has 0 aliphatic rings. The minimum atomic E-state index is -0.907. The lowest BCUT2D eigenvalue weighted by Gasteiger charge is -2.09. The van der Waals surface area contributed by atoms with Crippen molar-refractivity contribution in [3.8, 4) is 0 Å². The van der Waals surface area contributed by atoms with Crippen LogP contribution in [0.1, 0.15) is 18.6 Å². The topological polar surface area (TPSA) is 35.2 Å². The molecule has 0 aliphatic heterocycles. The molecular formula is C8H9F2NO. The van der Waals surface area contributed by atoms with Crippen LogP contribution >= 0.6 is 0 Å². The van der Waals surface area contributed by atoms with E-state index in [1.54, 1.807) is 0 Å². The van der Waals surface area contributed by atoms with E-state index in [4.69, 9.17) is 5.90 Å². The molecule has 0 saturated carbocycles. The number of hydrogen-bond acceptors (Lipinski definition) is 2. The normalized spacial score (nSPS) is 13.0. The van der Waals surface area contributed by atoms with Crippen LogP contribution in [0.15, 0.2) is 18.2 Å². The first kappa shape index (κ1) is 9.09. The fourth-order valence-corrected chi connectivity index (χ4v) is 0.908. The van der Waals surface area contributed by atoms with Gasteiger partial charge in [-0.25, -0.2) is 14.7 Å². The molecule has 1 aromatic rings. The number of nitrogens with two attached hydrogens (primary N) is 1. The molecular weight excluding hydrogens is 164 g/mol. The number of rotatable bonds is 2. The Balaban J connectivity index is 3.07. The first-order valence-electron chi connectivity index (χ1n) is 3.46. The molecule has 0 spiro atoms. The van der Waals surface area contributed by atoms with Crippen molar-refractivity contribution in [2.24, 2.45) is 5.90 Å². The highest BCUT2D eigenvalue weighted by molar-refractivity contribution is 5.20. The minimum absolute atomic E-state index is 0.123. The summed E-state index contributed by atoms with van der Waals surface area (Å²) in [6.07, 6.45) is -0.638. The lowest BCUT2D eigenvalue weighted by atomic mass is 10.1. The third-order valence-electron chi connectivity index (χ3n) is 1.62. The summed E-state index contributed by atoms with van der Waals surface area (Å²) in [5.74, 6) is 3.03. The fraction of sp³-hybridized carbons (Fsp3) is 0.250. The van der Waals surface area contributed by atoms with E-state index in [-0.39, 0.29) is 5.56 Å². The van der Waals surface area contributed by atoms with Crippen LogP contribution in [0, 0.1) is 11.6 Å². The molecule has 0 aliphatic carbocycles. The van der Waals surface area contributed by atoms with Crippen molar-refractivity contribution in [3.63, 3.8) is 0 Å². The van der Waals surface area contributed by atoms with Gasteiger partial charge in [-0.3, -0.25) is 4.84 Å². The molecule has 0 radical (unpaired) electrons. The highest BCUT2D eigenvalue weighted by atomic mass is 19.2. The van der Waals surface area contributed by atoms with Crippen molar-refractivity contribution in [2.45, 2.75) is 13.0 Å². The van der Waals surface area contributed by atoms with E-state index < -0.39 is 17.7 Å². The molecule has 1 rings (SSSR count). The second-order valence-corrected chi connectivity index (χ2v) is 2.42. The van der Waals surface area contributed by atoms with Gasteiger partial charge >= 0.3 is 0 Å². The van der Waals surface area contributed by atoms with Gasteiger partial charge in [0.25, 0.3) is 0 Å². The third-order valence-corrected chi connectivity index (χ3v) is 1.62. The zero-order valence-electron chi connectivity index (χ0n) is 6.55. The maximum absolute atomic E-state index is 12.9. The first-order chi connectivity index (χ1) is 5.66. The molecule has 0 heterocycles. The number of benzene rings is 1. The van der Waals surface area contributed by atoms with Gasteiger partial charge in [0, 0.05) is 5.56 Å². The number of hydrogen-bond donors (Lipinski definition) is 1. The molecule has 12 heavy (non-hydrogen) atoms. The molecule has 0 amide bonds. The molecule has 0 saturated heterocycles. The Kier molecular flexibility index (Phi) is 2.73. The highest BCUT2D eigenvalue weighted by Gasteiger charge is 2.13. The molecule has 1 unspecified atom stereocenters. The number of halogens is 2. The summed E-state index contributed by atoms with van der Waals surface area (Å²) in [5, 5.41) is 0. The minimum Gasteiger partial charge on any atom is -0.297 e. The van der Waals surface area contributed by atoms with Gasteiger partial charge in [0.1, 0.15) is 6.10 Å². The summed E-state index contributed by atoms with van der Waals surface area (Å²) < 4.78 is 25.5. The fourth-order valence-electron chi connectivity index (χ4n) is 0.908. The quantitative estimate of drug-likeness (QED) is 0.693. The van der Waals surface area contributed by atoms with Gasteiger partial charge in [-0.1, -0.05) is 12.1 Å². The molecule has 2 N–H and O–H groups in total. The zero-order valence-corrected chi connectivity index (χ0v) is 6.55. The Hall–Kier alpha value is -1.00. The lowest BCUT2D eigenvalue weighted by Crippen LogP contribution is -2.08. The summed E-state index contributed by atoms with van der Waals surface area (Å²) in [6, 6.07) is 3.88. The lowest BCUT2D eigenvalue weighted by molar-refractivity contribution is 0.0633. The van der Waals surface area contributed by atoms with Crippen LogP contribution in [-0.4, -0.2) is 0 Å². The van der Waals surface area contributed by atoms with E-state index in [1.165, 1.54) is 19.1 Å². The Bertz CT molecular complexity index is 278. The monoisotopic (exact) mass is 173 g/mol. The SMILES string of the molecule is CC(ON)c1cccc(F)c1F. The smallest absolute Gasteiger partial charge is 0.164 e. The second-order valence-electron chi connectivity index (χ2n) is 2.42. The average molecular weight is 173 g/mol. The standard InChI is InChI=1S/C8H9F2NO/c1-5(12-11)6-3-2-4-7(9)8(6)10/h2-5H,11H2,1H3. The van der Waals surface area contributed by atoms with Crippen LogP contribution in [0.2, 0.25) is 0 Å². The molecule has 1 atom stereocenters. The van der Waals surface area contributed by atoms with E-state index in [1.807, 2.05) is 0 Å². The molecule has 66 valence electrons. The van der Waals surface area contributed by atoms with Crippen molar-refractivity contribution in [1.82, 2.24) is 0 Å². The van der Waals surface area contributed by atoms with E-state index in [0.29, 0.717) is 0 Å². The van der Waals surface area contributed by atoms with Gasteiger partial charge in [-0.05, 0) is 13.0 Å². The van der Waals surface area contributed by atoms with Gasteiger partial charge in [0.2, 0.25) is 0 Å². The summed E-state index contributed by atoms with van der Waals surface area (Å²) in [6.45, 7) is 1.54. The van der Waals surface area contributed by atoms with Crippen LogP contribution in [0.4, 0.5) is 8.78 Å². The second kappa shape index (κ2) is 3.60.